The van der Waals surface area contributed by atoms with Crippen molar-refractivity contribution in [3.05, 3.63) is 30.1 Å². The highest BCUT2D eigenvalue weighted by Gasteiger charge is 2.20. The summed E-state index contributed by atoms with van der Waals surface area (Å²) in [6, 6.07) is 3.65. The molecule has 2 rings (SSSR count). The molecule has 1 atom stereocenters. The number of amides is 2. The molecule has 0 saturated carbocycles. The van der Waals surface area contributed by atoms with Crippen molar-refractivity contribution in [3.8, 4) is 0 Å². The zero-order valence-electron chi connectivity index (χ0n) is 11.3. The van der Waals surface area contributed by atoms with Crippen molar-refractivity contribution in [2.24, 2.45) is 0 Å². The van der Waals surface area contributed by atoms with Gasteiger partial charge in [-0.25, -0.2) is 0 Å². The Hall–Kier alpha value is -1.66. The summed E-state index contributed by atoms with van der Waals surface area (Å²) < 4.78 is 0. The first-order chi connectivity index (χ1) is 9.16. The molecule has 1 fully saturated rings. The second-order valence-corrected chi connectivity index (χ2v) is 4.62. The van der Waals surface area contributed by atoms with Gasteiger partial charge in [0.1, 0.15) is 0 Å². The van der Waals surface area contributed by atoms with Crippen LogP contribution in [0.2, 0.25) is 0 Å². The molecule has 1 aliphatic rings. The number of pyridine rings is 1. The Labute approximate surface area is 124 Å². The monoisotopic (exact) mass is 298 g/mol. The summed E-state index contributed by atoms with van der Waals surface area (Å²) in [6.07, 6.45) is 3.08. The van der Waals surface area contributed by atoms with Crippen molar-refractivity contribution in [2.75, 3.05) is 26.2 Å². The van der Waals surface area contributed by atoms with E-state index in [0.29, 0.717) is 24.7 Å². The van der Waals surface area contributed by atoms with Crippen LogP contribution >= 0.6 is 12.4 Å². The fourth-order valence-corrected chi connectivity index (χ4v) is 2.03. The Kier molecular flexibility index (Phi) is 6.41. The lowest BCUT2D eigenvalue weighted by molar-refractivity contribution is -0.131. The van der Waals surface area contributed by atoms with Crippen LogP contribution in [0, 0.1) is 0 Å². The first-order valence-corrected chi connectivity index (χ1v) is 6.36. The van der Waals surface area contributed by atoms with E-state index in [1.807, 2.05) is 6.92 Å². The third kappa shape index (κ3) is 4.47. The summed E-state index contributed by atoms with van der Waals surface area (Å²) >= 11 is 0. The maximum atomic E-state index is 11.9. The number of aromatic nitrogens is 1. The van der Waals surface area contributed by atoms with Crippen LogP contribution < -0.4 is 10.6 Å². The van der Waals surface area contributed by atoms with E-state index in [0.717, 1.165) is 6.54 Å². The van der Waals surface area contributed by atoms with E-state index in [4.69, 9.17) is 0 Å². The largest absolute Gasteiger partial charge is 0.343 e. The maximum Gasteiger partial charge on any atom is 0.253 e. The van der Waals surface area contributed by atoms with E-state index >= 15 is 0 Å². The molecule has 1 aromatic heterocycles. The second-order valence-electron chi connectivity index (χ2n) is 4.62. The van der Waals surface area contributed by atoms with Gasteiger partial charge in [0.25, 0.3) is 5.91 Å². The molecule has 0 spiro atoms. The number of nitrogens with one attached hydrogen (secondary N) is 2. The van der Waals surface area contributed by atoms with Crippen molar-refractivity contribution < 1.29 is 9.59 Å². The minimum Gasteiger partial charge on any atom is -0.343 e. The van der Waals surface area contributed by atoms with Gasteiger partial charge in [0.15, 0.2) is 0 Å². The zero-order valence-corrected chi connectivity index (χ0v) is 12.2. The van der Waals surface area contributed by atoms with E-state index in [1.165, 1.54) is 6.20 Å². The third-order valence-electron chi connectivity index (χ3n) is 3.05. The molecule has 2 heterocycles. The Morgan fingerprint density at radius 2 is 2.35 bits per heavy atom. The molecule has 2 amide bonds. The van der Waals surface area contributed by atoms with Crippen LogP contribution in [0.15, 0.2) is 24.5 Å². The van der Waals surface area contributed by atoms with Crippen LogP contribution in [0.5, 0.6) is 0 Å². The minimum absolute atomic E-state index is 0. The molecular weight excluding hydrogens is 280 g/mol. The smallest absolute Gasteiger partial charge is 0.253 e. The number of nitrogens with zero attached hydrogens (tertiary/aromatic N) is 2. The van der Waals surface area contributed by atoms with Crippen LogP contribution in [-0.2, 0) is 4.79 Å². The number of carbonyl (C=O) groups excluding carboxylic acids is 2. The fourth-order valence-electron chi connectivity index (χ4n) is 2.03. The summed E-state index contributed by atoms with van der Waals surface area (Å²) in [5.41, 5.74) is 0.462. The van der Waals surface area contributed by atoms with Gasteiger partial charge in [-0.3, -0.25) is 14.6 Å². The highest BCUT2D eigenvalue weighted by molar-refractivity contribution is 5.96. The van der Waals surface area contributed by atoms with Crippen molar-refractivity contribution in [1.82, 2.24) is 20.5 Å². The van der Waals surface area contributed by atoms with Gasteiger partial charge >= 0.3 is 0 Å². The zero-order chi connectivity index (χ0) is 13.7. The van der Waals surface area contributed by atoms with Gasteiger partial charge in [0, 0.05) is 38.1 Å². The van der Waals surface area contributed by atoms with Gasteiger partial charge in [-0.2, -0.15) is 0 Å². The molecule has 2 N–H and O–H groups in total. The lowest BCUT2D eigenvalue weighted by atomic mass is 10.2. The summed E-state index contributed by atoms with van der Waals surface area (Å²) in [6.45, 7) is 4.23. The normalized spacial score (nSPS) is 18.1. The Morgan fingerprint density at radius 1 is 1.55 bits per heavy atom. The van der Waals surface area contributed by atoms with Gasteiger partial charge in [0.05, 0.1) is 12.1 Å². The Bertz CT molecular complexity index is 455. The van der Waals surface area contributed by atoms with Crippen molar-refractivity contribution >= 4 is 24.2 Å². The molecule has 0 radical (unpaired) electrons. The number of halogens is 1. The van der Waals surface area contributed by atoms with E-state index in [1.54, 1.807) is 23.2 Å². The van der Waals surface area contributed by atoms with Crippen LogP contribution in [-0.4, -0.2) is 53.9 Å². The molecule has 0 aromatic carbocycles. The van der Waals surface area contributed by atoms with E-state index in [-0.39, 0.29) is 30.8 Å². The van der Waals surface area contributed by atoms with Crippen LogP contribution in [0.3, 0.4) is 0 Å². The molecule has 7 heteroatoms. The number of hydrogen-bond acceptors (Lipinski definition) is 4. The van der Waals surface area contributed by atoms with Gasteiger partial charge in [0.2, 0.25) is 5.91 Å². The molecule has 0 bridgehead atoms. The van der Waals surface area contributed by atoms with Gasteiger partial charge in [-0.15, -0.1) is 12.4 Å². The number of piperazine rings is 1. The van der Waals surface area contributed by atoms with Crippen LogP contribution in [0.1, 0.15) is 17.3 Å². The van der Waals surface area contributed by atoms with Crippen molar-refractivity contribution in [1.29, 1.82) is 0 Å². The molecule has 110 valence electrons. The molecule has 20 heavy (non-hydrogen) atoms. The lowest BCUT2D eigenvalue weighted by Crippen LogP contribution is -2.53. The number of carbonyl (C=O) groups is 2. The van der Waals surface area contributed by atoms with Crippen LogP contribution in [0.4, 0.5) is 0 Å². The van der Waals surface area contributed by atoms with Gasteiger partial charge in [-0.05, 0) is 19.1 Å². The Morgan fingerprint density at radius 3 is 3.00 bits per heavy atom. The Balaban J connectivity index is 0.00000200. The third-order valence-corrected chi connectivity index (χ3v) is 3.05. The summed E-state index contributed by atoms with van der Waals surface area (Å²) in [5, 5.41) is 5.89. The number of hydrogen-bond donors (Lipinski definition) is 2. The van der Waals surface area contributed by atoms with Gasteiger partial charge in [-0.1, -0.05) is 0 Å². The van der Waals surface area contributed by atoms with E-state index < -0.39 is 0 Å². The number of rotatable bonds is 3. The minimum atomic E-state index is -0.273. The molecule has 6 nitrogen and oxygen atoms in total. The molecule has 1 saturated heterocycles. The molecule has 1 aromatic rings. The van der Waals surface area contributed by atoms with Gasteiger partial charge < -0.3 is 15.5 Å². The standard InChI is InChI=1S/C13H18N4O2.ClH/c1-10-9-17(6-5-15-10)12(18)8-16-13(19)11-3-2-4-14-7-11;/h2-4,7,10,15H,5-6,8-9H2,1H3,(H,16,19);1H/t10-;/m1./s1. The summed E-state index contributed by atoms with van der Waals surface area (Å²) in [4.78, 5) is 29.3. The van der Waals surface area contributed by atoms with E-state index in [2.05, 4.69) is 15.6 Å². The lowest BCUT2D eigenvalue weighted by Gasteiger charge is -2.31. The van der Waals surface area contributed by atoms with E-state index in [9.17, 15) is 9.59 Å². The highest BCUT2D eigenvalue weighted by Crippen LogP contribution is 1.99. The molecule has 0 unspecified atom stereocenters. The summed E-state index contributed by atoms with van der Waals surface area (Å²) in [5.74, 6) is -0.324. The second kappa shape index (κ2) is 7.81. The predicted octanol–water partition coefficient (Wildman–Crippen LogP) is 0.0535. The topological polar surface area (TPSA) is 74.3 Å². The maximum absolute atomic E-state index is 11.9. The molecular formula is C13H19ClN4O2. The van der Waals surface area contributed by atoms with Crippen molar-refractivity contribution in [3.63, 3.8) is 0 Å². The predicted molar refractivity (Wildman–Crippen MR) is 77.9 cm³/mol. The molecule has 1 aliphatic heterocycles. The first kappa shape index (κ1) is 16.4. The quantitative estimate of drug-likeness (QED) is 0.827. The highest BCUT2D eigenvalue weighted by atomic mass is 35.5. The fraction of sp³-hybridized carbons (Fsp3) is 0.462. The average Bonchev–Trinajstić information content (AvgIpc) is 2.45. The average molecular weight is 299 g/mol. The first-order valence-electron chi connectivity index (χ1n) is 6.36. The van der Waals surface area contributed by atoms with Crippen molar-refractivity contribution in [2.45, 2.75) is 13.0 Å². The van der Waals surface area contributed by atoms with Crippen LogP contribution in [0.25, 0.3) is 0 Å². The summed E-state index contributed by atoms with van der Waals surface area (Å²) in [7, 11) is 0. The SMILES string of the molecule is C[C@@H]1CN(C(=O)CNC(=O)c2cccnc2)CCN1.Cl. The molecule has 0 aliphatic carbocycles.